The van der Waals surface area contributed by atoms with E-state index >= 15 is 0 Å². The van der Waals surface area contributed by atoms with Crippen LogP contribution in [0.2, 0.25) is 0 Å². The van der Waals surface area contributed by atoms with E-state index in [1.807, 2.05) is 55.5 Å². The third-order valence-electron chi connectivity index (χ3n) is 5.45. The van der Waals surface area contributed by atoms with Crippen molar-refractivity contribution in [3.8, 4) is 5.75 Å². The average molecular weight is 459 g/mol. The highest BCUT2D eigenvalue weighted by Crippen LogP contribution is 2.31. The molecule has 0 aliphatic carbocycles. The summed E-state index contributed by atoms with van der Waals surface area (Å²) in [7, 11) is 0. The molecular formula is C26H26N4O4. The number of carbonyl (C=O) groups excluding carboxylic acids is 3. The van der Waals surface area contributed by atoms with E-state index in [0.29, 0.717) is 22.8 Å². The Morgan fingerprint density at radius 2 is 1.56 bits per heavy atom. The number of nitrogens with zero attached hydrogens (tertiary/aromatic N) is 1. The van der Waals surface area contributed by atoms with Gasteiger partial charge in [0, 0.05) is 24.3 Å². The normalized spacial score (nSPS) is 13.3. The van der Waals surface area contributed by atoms with Gasteiger partial charge in [-0.1, -0.05) is 42.5 Å². The molecule has 3 aromatic rings. The molecule has 0 radical (unpaired) electrons. The Morgan fingerprint density at radius 3 is 2.29 bits per heavy atom. The molecule has 1 unspecified atom stereocenters. The summed E-state index contributed by atoms with van der Waals surface area (Å²) in [6.07, 6.45) is 0.170. The Hall–Kier alpha value is -4.33. The largest absolute Gasteiger partial charge is 0.482 e. The monoisotopic (exact) mass is 458 g/mol. The van der Waals surface area contributed by atoms with E-state index in [-0.39, 0.29) is 43.5 Å². The van der Waals surface area contributed by atoms with E-state index in [1.54, 1.807) is 35.2 Å². The van der Waals surface area contributed by atoms with Crippen LogP contribution in [0.5, 0.6) is 5.75 Å². The summed E-state index contributed by atoms with van der Waals surface area (Å²) in [5.74, 6) is 0.315. The van der Waals surface area contributed by atoms with Crippen LogP contribution in [0.15, 0.2) is 78.9 Å². The van der Waals surface area contributed by atoms with Crippen LogP contribution in [0.3, 0.4) is 0 Å². The van der Waals surface area contributed by atoms with Gasteiger partial charge >= 0.3 is 6.03 Å². The van der Waals surface area contributed by atoms with Crippen molar-refractivity contribution in [2.75, 3.05) is 28.7 Å². The molecule has 8 nitrogen and oxygen atoms in total. The van der Waals surface area contributed by atoms with Crippen molar-refractivity contribution in [3.05, 3.63) is 84.4 Å². The van der Waals surface area contributed by atoms with Gasteiger partial charge in [0.1, 0.15) is 5.75 Å². The fraction of sp³-hybridized carbons (Fsp3) is 0.192. The molecule has 4 rings (SSSR count). The lowest BCUT2D eigenvalue weighted by Crippen LogP contribution is -2.41. The molecule has 4 amide bonds. The molecule has 3 N–H and O–H groups in total. The molecule has 0 aromatic heterocycles. The number of amides is 4. The van der Waals surface area contributed by atoms with Gasteiger partial charge < -0.3 is 25.6 Å². The Bertz CT molecular complexity index is 1160. The number of hydrogen-bond acceptors (Lipinski definition) is 4. The fourth-order valence-electron chi connectivity index (χ4n) is 3.68. The molecule has 0 bridgehead atoms. The highest BCUT2D eigenvalue weighted by atomic mass is 16.5. The van der Waals surface area contributed by atoms with E-state index in [9.17, 15) is 14.4 Å². The van der Waals surface area contributed by atoms with Crippen molar-refractivity contribution in [2.45, 2.75) is 19.4 Å². The minimum absolute atomic E-state index is 0.0290. The molecule has 0 saturated carbocycles. The molecule has 3 aromatic carbocycles. The fourth-order valence-corrected chi connectivity index (χ4v) is 3.68. The zero-order valence-electron chi connectivity index (χ0n) is 18.8. The van der Waals surface area contributed by atoms with E-state index in [4.69, 9.17) is 4.74 Å². The van der Waals surface area contributed by atoms with Crippen molar-refractivity contribution in [2.24, 2.45) is 0 Å². The number of nitrogens with one attached hydrogen (secondary N) is 3. The van der Waals surface area contributed by atoms with Crippen LogP contribution >= 0.6 is 0 Å². The first kappa shape index (κ1) is 22.8. The summed E-state index contributed by atoms with van der Waals surface area (Å²) in [5.41, 5.74) is 2.92. The highest BCUT2D eigenvalue weighted by Gasteiger charge is 2.25. The van der Waals surface area contributed by atoms with Crippen molar-refractivity contribution in [1.29, 1.82) is 0 Å². The maximum Gasteiger partial charge on any atom is 0.323 e. The molecule has 0 fully saturated rings. The molecule has 1 atom stereocenters. The lowest BCUT2D eigenvalue weighted by molar-refractivity contribution is -0.122. The molecular weight excluding hydrogens is 432 g/mol. The molecule has 1 aliphatic heterocycles. The van der Waals surface area contributed by atoms with E-state index < -0.39 is 0 Å². The number of ether oxygens (including phenoxy) is 1. The average Bonchev–Trinajstić information content (AvgIpc) is 2.84. The minimum Gasteiger partial charge on any atom is -0.482 e. The summed E-state index contributed by atoms with van der Waals surface area (Å²) in [6.45, 7) is 2.13. The Labute approximate surface area is 197 Å². The summed E-state index contributed by atoms with van der Waals surface area (Å²) in [4.78, 5) is 38.5. The molecule has 174 valence electrons. The second kappa shape index (κ2) is 10.5. The summed E-state index contributed by atoms with van der Waals surface area (Å²) < 4.78 is 5.44. The number of carbonyl (C=O) groups is 3. The van der Waals surface area contributed by atoms with Gasteiger partial charge in [-0.3, -0.25) is 9.59 Å². The van der Waals surface area contributed by atoms with Gasteiger partial charge in [0.15, 0.2) is 6.61 Å². The second-order valence-corrected chi connectivity index (χ2v) is 7.91. The van der Waals surface area contributed by atoms with E-state index in [2.05, 4.69) is 16.0 Å². The summed E-state index contributed by atoms with van der Waals surface area (Å²) in [5, 5.41) is 8.50. The predicted molar refractivity (Wildman–Crippen MR) is 131 cm³/mol. The van der Waals surface area contributed by atoms with Crippen LogP contribution in [0.1, 0.15) is 24.9 Å². The van der Waals surface area contributed by atoms with E-state index in [1.165, 1.54) is 0 Å². The number of fused-ring (bicyclic) bond motifs is 1. The summed E-state index contributed by atoms with van der Waals surface area (Å²) in [6, 6.07) is 23.2. The van der Waals surface area contributed by atoms with Crippen LogP contribution in [0.25, 0.3) is 0 Å². The maximum atomic E-state index is 12.5. The standard InChI is InChI=1S/C26H26N4O4/c1-18(19-11-13-21(14-12-19)29-26(33)28-20-7-3-2-4-8-20)27-24(31)15-16-30-22-9-5-6-10-23(22)34-17-25(30)32/h2-14,18H,15-17H2,1H3,(H,27,31)(H2,28,29,33). The number of para-hydroxylation sites is 3. The SMILES string of the molecule is CC(NC(=O)CCN1C(=O)COc2ccccc21)c1ccc(NC(=O)Nc2ccccc2)cc1. The van der Waals surface area contributed by atoms with Crippen LogP contribution in [0.4, 0.5) is 21.9 Å². The molecule has 34 heavy (non-hydrogen) atoms. The van der Waals surface area contributed by atoms with Gasteiger partial charge in [-0.15, -0.1) is 0 Å². The highest BCUT2D eigenvalue weighted by molar-refractivity contribution is 6.00. The quantitative estimate of drug-likeness (QED) is 0.491. The molecule has 8 heteroatoms. The zero-order chi connectivity index (χ0) is 23.9. The lowest BCUT2D eigenvalue weighted by Gasteiger charge is -2.29. The molecule has 0 spiro atoms. The van der Waals surface area contributed by atoms with Crippen molar-refractivity contribution < 1.29 is 19.1 Å². The summed E-state index contributed by atoms with van der Waals surface area (Å²) >= 11 is 0. The predicted octanol–water partition coefficient (Wildman–Crippen LogP) is 4.32. The molecule has 0 saturated heterocycles. The number of rotatable bonds is 7. The van der Waals surface area contributed by atoms with Crippen LogP contribution in [-0.4, -0.2) is 31.0 Å². The Balaban J connectivity index is 1.27. The number of urea groups is 1. The van der Waals surface area contributed by atoms with Gasteiger partial charge in [0.25, 0.3) is 5.91 Å². The first-order valence-electron chi connectivity index (χ1n) is 11.0. The lowest BCUT2D eigenvalue weighted by atomic mass is 10.1. The third kappa shape index (κ3) is 5.72. The Kier molecular flexibility index (Phi) is 7.07. The van der Waals surface area contributed by atoms with Gasteiger partial charge in [-0.25, -0.2) is 4.79 Å². The second-order valence-electron chi connectivity index (χ2n) is 7.91. The topological polar surface area (TPSA) is 99.8 Å². The number of anilines is 3. The number of hydrogen-bond donors (Lipinski definition) is 3. The first-order chi connectivity index (χ1) is 16.5. The van der Waals surface area contributed by atoms with Crippen LogP contribution < -0.4 is 25.6 Å². The Morgan fingerprint density at radius 1 is 0.912 bits per heavy atom. The number of benzene rings is 3. The first-order valence-corrected chi connectivity index (χ1v) is 11.0. The van der Waals surface area contributed by atoms with E-state index in [0.717, 1.165) is 5.56 Å². The van der Waals surface area contributed by atoms with Crippen molar-refractivity contribution in [1.82, 2.24) is 5.32 Å². The van der Waals surface area contributed by atoms with Gasteiger partial charge in [0.05, 0.1) is 11.7 Å². The zero-order valence-corrected chi connectivity index (χ0v) is 18.8. The van der Waals surface area contributed by atoms with Gasteiger partial charge in [0.2, 0.25) is 5.91 Å². The van der Waals surface area contributed by atoms with Crippen molar-refractivity contribution >= 4 is 34.9 Å². The third-order valence-corrected chi connectivity index (χ3v) is 5.45. The molecule has 1 heterocycles. The smallest absolute Gasteiger partial charge is 0.323 e. The molecule has 1 aliphatic rings. The van der Waals surface area contributed by atoms with Gasteiger partial charge in [-0.2, -0.15) is 0 Å². The van der Waals surface area contributed by atoms with Gasteiger partial charge in [-0.05, 0) is 48.9 Å². The van der Waals surface area contributed by atoms with Crippen LogP contribution in [0, 0.1) is 0 Å². The minimum atomic E-state index is -0.334. The van der Waals surface area contributed by atoms with Crippen LogP contribution in [-0.2, 0) is 9.59 Å². The van der Waals surface area contributed by atoms with Crippen molar-refractivity contribution in [3.63, 3.8) is 0 Å². The maximum absolute atomic E-state index is 12.5.